The highest BCUT2D eigenvalue weighted by Crippen LogP contribution is 2.54. The van der Waals surface area contributed by atoms with Gasteiger partial charge in [0, 0.05) is 24.4 Å². The van der Waals surface area contributed by atoms with Crippen LogP contribution in [0.5, 0.6) is 0 Å². The van der Waals surface area contributed by atoms with Crippen LogP contribution in [0.2, 0.25) is 0 Å². The third kappa shape index (κ3) is 1.57. The molecule has 2 rings (SSSR count). The number of rotatable bonds is 1. The number of nitrogens with zero attached hydrogens (tertiary/aromatic N) is 1. The topological polar surface area (TPSA) is 20.3 Å². The van der Waals surface area contributed by atoms with Crippen molar-refractivity contribution in [2.75, 3.05) is 32.1 Å². The van der Waals surface area contributed by atoms with Gasteiger partial charge in [0.2, 0.25) is 0 Å². The average Bonchev–Trinajstić information content (AvgIpc) is 2.46. The van der Waals surface area contributed by atoms with Crippen molar-refractivity contribution in [3.05, 3.63) is 0 Å². The van der Waals surface area contributed by atoms with Gasteiger partial charge in [0.1, 0.15) is 0 Å². The van der Waals surface area contributed by atoms with Crippen molar-refractivity contribution < 1.29 is 4.57 Å². The minimum Gasteiger partial charge on any atom is -0.324 e. The van der Waals surface area contributed by atoms with E-state index in [-0.39, 0.29) is 0 Å². The summed E-state index contributed by atoms with van der Waals surface area (Å²) in [5, 5.41) is 0. The van der Waals surface area contributed by atoms with Crippen molar-refractivity contribution in [2.45, 2.75) is 32.2 Å². The molecular formula is C11H22NOP. The van der Waals surface area contributed by atoms with Gasteiger partial charge >= 0.3 is 0 Å². The van der Waals surface area contributed by atoms with Gasteiger partial charge in [-0.05, 0) is 32.0 Å². The van der Waals surface area contributed by atoms with Crippen LogP contribution in [0.4, 0.5) is 0 Å². The van der Waals surface area contributed by atoms with Crippen LogP contribution >= 0.6 is 7.14 Å². The van der Waals surface area contributed by atoms with Crippen LogP contribution in [0, 0.1) is 5.92 Å². The highest BCUT2D eigenvalue weighted by Gasteiger charge is 2.49. The maximum absolute atomic E-state index is 12.3. The normalized spacial score (nSPS) is 44.3. The molecule has 2 fully saturated rings. The van der Waals surface area contributed by atoms with E-state index in [1.807, 2.05) is 6.66 Å². The first-order valence-electron chi connectivity index (χ1n) is 5.77. The van der Waals surface area contributed by atoms with Crippen molar-refractivity contribution in [1.82, 2.24) is 4.90 Å². The molecule has 82 valence electrons. The number of hydrogen-bond donors (Lipinski definition) is 0. The lowest BCUT2D eigenvalue weighted by molar-refractivity contribution is 0.107. The highest BCUT2D eigenvalue weighted by molar-refractivity contribution is 7.63. The van der Waals surface area contributed by atoms with E-state index >= 15 is 0 Å². The summed E-state index contributed by atoms with van der Waals surface area (Å²) in [7, 11) is -1.82. The summed E-state index contributed by atoms with van der Waals surface area (Å²) in [6.07, 6.45) is 4.49. The van der Waals surface area contributed by atoms with E-state index < -0.39 is 7.14 Å². The van der Waals surface area contributed by atoms with Gasteiger partial charge in [0.05, 0.1) is 7.14 Å². The lowest BCUT2D eigenvalue weighted by atomic mass is 9.85. The Morgan fingerprint density at radius 3 is 2.71 bits per heavy atom. The fourth-order valence-electron chi connectivity index (χ4n) is 3.30. The van der Waals surface area contributed by atoms with Crippen LogP contribution in [-0.2, 0) is 4.57 Å². The molecule has 2 nitrogen and oxygen atoms in total. The fraction of sp³-hybridized carbons (Fsp3) is 1.00. The molecule has 14 heavy (non-hydrogen) atoms. The first-order chi connectivity index (χ1) is 6.46. The standard InChI is InChI=1S/C11H22NOP/c1-10(2)11-5-4-6-12(11)7-8-14(3,13)9-11/h10H,4-9H2,1-3H3. The molecular weight excluding hydrogens is 193 g/mol. The van der Waals surface area contributed by atoms with Crippen LogP contribution in [0.25, 0.3) is 0 Å². The van der Waals surface area contributed by atoms with E-state index in [1.54, 1.807) is 0 Å². The molecule has 2 aliphatic heterocycles. The zero-order valence-electron chi connectivity index (χ0n) is 9.62. The molecule has 2 atom stereocenters. The summed E-state index contributed by atoms with van der Waals surface area (Å²) in [6, 6.07) is 0. The second-order valence-corrected chi connectivity index (χ2v) is 8.88. The van der Waals surface area contributed by atoms with Gasteiger partial charge < -0.3 is 4.57 Å². The number of hydrogen-bond acceptors (Lipinski definition) is 2. The van der Waals surface area contributed by atoms with Crippen LogP contribution in [-0.4, -0.2) is 42.5 Å². The van der Waals surface area contributed by atoms with Gasteiger partial charge in [-0.2, -0.15) is 0 Å². The maximum Gasteiger partial charge on any atom is 0.0879 e. The Bertz CT molecular complexity index is 276. The molecule has 0 saturated carbocycles. The Kier molecular flexibility index (Phi) is 2.56. The lowest BCUT2D eigenvalue weighted by Crippen LogP contribution is -2.54. The van der Waals surface area contributed by atoms with E-state index in [1.165, 1.54) is 19.4 Å². The predicted octanol–water partition coefficient (Wildman–Crippen LogP) is 2.48. The van der Waals surface area contributed by atoms with Gasteiger partial charge in [-0.25, -0.2) is 0 Å². The minimum atomic E-state index is -1.82. The maximum atomic E-state index is 12.3. The molecule has 0 bridgehead atoms. The lowest BCUT2D eigenvalue weighted by Gasteiger charge is -2.47. The Balaban J connectivity index is 2.28. The molecule has 0 aromatic carbocycles. The minimum absolute atomic E-state index is 0.294. The van der Waals surface area contributed by atoms with Crippen LogP contribution in [0.15, 0.2) is 0 Å². The molecule has 3 heteroatoms. The molecule has 0 aliphatic carbocycles. The SMILES string of the molecule is CC(C)C12CCCN1CCP(C)(=O)C2. The smallest absolute Gasteiger partial charge is 0.0879 e. The van der Waals surface area contributed by atoms with Crippen molar-refractivity contribution >= 4 is 7.14 Å². The van der Waals surface area contributed by atoms with E-state index in [0.717, 1.165) is 18.9 Å². The number of fused-ring (bicyclic) bond motifs is 1. The molecule has 2 saturated heterocycles. The Hall–Kier alpha value is 0.190. The zero-order chi connectivity index (χ0) is 10.4. The van der Waals surface area contributed by atoms with Gasteiger partial charge in [0.25, 0.3) is 0 Å². The van der Waals surface area contributed by atoms with Crippen molar-refractivity contribution in [1.29, 1.82) is 0 Å². The Morgan fingerprint density at radius 1 is 1.36 bits per heavy atom. The summed E-state index contributed by atoms with van der Waals surface area (Å²) in [5.74, 6) is 0.651. The third-order valence-electron chi connectivity index (χ3n) is 4.19. The van der Waals surface area contributed by atoms with E-state index in [4.69, 9.17) is 0 Å². The third-order valence-corrected chi connectivity index (χ3v) is 6.56. The summed E-state index contributed by atoms with van der Waals surface area (Å²) < 4.78 is 12.3. The average molecular weight is 215 g/mol. The molecule has 0 radical (unpaired) electrons. The quantitative estimate of drug-likeness (QED) is 0.626. The van der Waals surface area contributed by atoms with Crippen molar-refractivity contribution in [3.8, 4) is 0 Å². The predicted molar refractivity (Wildman–Crippen MR) is 61.6 cm³/mol. The monoisotopic (exact) mass is 215 g/mol. The molecule has 0 spiro atoms. The van der Waals surface area contributed by atoms with Crippen LogP contribution < -0.4 is 0 Å². The van der Waals surface area contributed by atoms with Gasteiger partial charge in [0.15, 0.2) is 0 Å². The molecule has 2 aliphatic rings. The van der Waals surface area contributed by atoms with Crippen LogP contribution in [0.1, 0.15) is 26.7 Å². The van der Waals surface area contributed by atoms with E-state index in [9.17, 15) is 4.57 Å². The van der Waals surface area contributed by atoms with E-state index in [2.05, 4.69) is 18.7 Å². The molecule has 2 heterocycles. The molecule has 2 unspecified atom stereocenters. The van der Waals surface area contributed by atoms with E-state index in [0.29, 0.717) is 11.5 Å². The largest absolute Gasteiger partial charge is 0.324 e. The van der Waals surface area contributed by atoms with Crippen LogP contribution in [0.3, 0.4) is 0 Å². The molecule has 0 N–H and O–H groups in total. The second kappa shape index (κ2) is 3.35. The fourth-order valence-corrected chi connectivity index (χ4v) is 6.00. The van der Waals surface area contributed by atoms with Gasteiger partial charge in [-0.3, -0.25) is 4.90 Å². The highest BCUT2D eigenvalue weighted by atomic mass is 31.2. The Morgan fingerprint density at radius 2 is 2.07 bits per heavy atom. The summed E-state index contributed by atoms with van der Waals surface area (Å²) >= 11 is 0. The van der Waals surface area contributed by atoms with Crippen molar-refractivity contribution in [3.63, 3.8) is 0 Å². The molecule has 0 amide bonds. The first-order valence-corrected chi connectivity index (χ1v) is 8.29. The molecule has 0 aromatic rings. The first kappa shape index (κ1) is 10.7. The molecule has 0 aromatic heterocycles. The summed E-state index contributed by atoms with van der Waals surface area (Å²) in [5.41, 5.74) is 0.294. The Labute approximate surface area is 87.4 Å². The zero-order valence-corrected chi connectivity index (χ0v) is 10.5. The summed E-state index contributed by atoms with van der Waals surface area (Å²) in [6.45, 7) is 8.91. The second-order valence-electron chi connectivity index (χ2n) is 5.53. The van der Waals surface area contributed by atoms with Crippen molar-refractivity contribution in [2.24, 2.45) is 5.92 Å². The van der Waals surface area contributed by atoms with Gasteiger partial charge in [-0.1, -0.05) is 13.8 Å². The van der Waals surface area contributed by atoms with Gasteiger partial charge in [-0.15, -0.1) is 0 Å². The summed E-state index contributed by atoms with van der Waals surface area (Å²) in [4.78, 5) is 2.61.